The lowest BCUT2D eigenvalue weighted by atomic mass is 10.1. The summed E-state index contributed by atoms with van der Waals surface area (Å²) in [5.41, 5.74) is -0.00746. The molecule has 1 atom stereocenters. The van der Waals surface area contributed by atoms with Crippen LogP contribution in [0.2, 0.25) is 0 Å². The number of hydrogen-bond acceptors (Lipinski definition) is 5. The summed E-state index contributed by atoms with van der Waals surface area (Å²) in [6.45, 7) is 6.73. The van der Waals surface area contributed by atoms with Crippen molar-refractivity contribution in [2.24, 2.45) is 0 Å². The summed E-state index contributed by atoms with van der Waals surface area (Å²) in [6, 6.07) is 5.49. The number of hydrogen-bond donors (Lipinski definition) is 0. The average Bonchev–Trinajstić information content (AvgIpc) is 3.10. The van der Waals surface area contributed by atoms with Gasteiger partial charge in [-0.15, -0.1) is 0 Å². The van der Waals surface area contributed by atoms with Crippen molar-refractivity contribution in [1.82, 2.24) is 15.0 Å². The largest absolute Gasteiger partial charge is 0.416 e. The number of alkyl halides is 3. The van der Waals surface area contributed by atoms with Gasteiger partial charge in [0.15, 0.2) is 5.82 Å². The van der Waals surface area contributed by atoms with Crippen molar-refractivity contribution in [3.63, 3.8) is 0 Å². The van der Waals surface area contributed by atoms with Crippen LogP contribution in [0.15, 0.2) is 28.8 Å². The normalized spacial score (nSPS) is 17.7. The van der Waals surface area contributed by atoms with Crippen LogP contribution in [0, 0.1) is 0 Å². The van der Waals surface area contributed by atoms with E-state index < -0.39 is 11.7 Å². The second kappa shape index (κ2) is 7.03. The van der Waals surface area contributed by atoms with E-state index in [1.165, 1.54) is 12.1 Å². The molecule has 8 heteroatoms. The van der Waals surface area contributed by atoms with E-state index >= 15 is 0 Å². The lowest BCUT2D eigenvalue weighted by Crippen LogP contribution is -2.47. The summed E-state index contributed by atoms with van der Waals surface area (Å²) in [5.74, 6) is 1.27. The number of piperazine rings is 1. The zero-order valence-corrected chi connectivity index (χ0v) is 14.3. The minimum Gasteiger partial charge on any atom is -0.369 e. The molecule has 0 amide bonds. The molecular weight excluding hydrogens is 333 g/mol. The van der Waals surface area contributed by atoms with E-state index in [4.69, 9.17) is 4.52 Å². The first-order valence-electron chi connectivity index (χ1n) is 8.37. The van der Waals surface area contributed by atoms with Crippen molar-refractivity contribution < 1.29 is 17.7 Å². The van der Waals surface area contributed by atoms with Crippen LogP contribution in [0.25, 0.3) is 0 Å². The summed E-state index contributed by atoms with van der Waals surface area (Å²) in [6.07, 6.45) is -3.60. The molecule has 1 aromatic carbocycles. The summed E-state index contributed by atoms with van der Waals surface area (Å²) in [4.78, 5) is 8.54. The molecule has 0 N–H and O–H groups in total. The fraction of sp³-hybridized carbons (Fsp3) is 0.529. The highest BCUT2D eigenvalue weighted by Crippen LogP contribution is 2.32. The molecule has 0 bridgehead atoms. The summed E-state index contributed by atoms with van der Waals surface area (Å²) in [7, 11) is 0. The van der Waals surface area contributed by atoms with E-state index in [0.717, 1.165) is 25.6 Å². The van der Waals surface area contributed by atoms with Gasteiger partial charge in [0.2, 0.25) is 5.89 Å². The molecule has 2 heterocycles. The highest BCUT2D eigenvalue weighted by Gasteiger charge is 2.31. The van der Waals surface area contributed by atoms with Crippen LogP contribution >= 0.6 is 0 Å². The Labute approximate surface area is 144 Å². The molecule has 3 rings (SSSR count). The van der Waals surface area contributed by atoms with Gasteiger partial charge >= 0.3 is 6.18 Å². The standard InChI is InChI=1S/C17H21F3N4O/c1-3-15-21-16(25-22-15)12(2)23-7-9-24(10-8-23)14-6-4-5-13(11-14)17(18,19)20/h4-6,11-12H,3,7-10H2,1-2H3. The minimum atomic E-state index is -4.32. The van der Waals surface area contributed by atoms with Gasteiger partial charge in [-0.2, -0.15) is 18.2 Å². The molecule has 1 fully saturated rings. The van der Waals surface area contributed by atoms with E-state index in [-0.39, 0.29) is 6.04 Å². The molecule has 1 unspecified atom stereocenters. The molecular formula is C17H21F3N4O. The highest BCUT2D eigenvalue weighted by molar-refractivity contribution is 5.49. The molecule has 0 saturated carbocycles. The van der Waals surface area contributed by atoms with Gasteiger partial charge in [0, 0.05) is 38.3 Å². The molecule has 1 aromatic heterocycles. The van der Waals surface area contributed by atoms with E-state index in [2.05, 4.69) is 15.0 Å². The number of benzene rings is 1. The Bertz CT molecular complexity index is 708. The van der Waals surface area contributed by atoms with Gasteiger partial charge in [-0.05, 0) is 25.1 Å². The predicted molar refractivity (Wildman–Crippen MR) is 87.3 cm³/mol. The van der Waals surface area contributed by atoms with Gasteiger partial charge in [0.1, 0.15) is 0 Å². The highest BCUT2D eigenvalue weighted by atomic mass is 19.4. The molecule has 1 aliphatic rings. The molecule has 0 spiro atoms. The number of aromatic nitrogens is 2. The quantitative estimate of drug-likeness (QED) is 0.840. The molecule has 25 heavy (non-hydrogen) atoms. The Balaban J connectivity index is 1.64. The van der Waals surface area contributed by atoms with Crippen LogP contribution < -0.4 is 4.90 Å². The van der Waals surface area contributed by atoms with Gasteiger partial charge in [0.25, 0.3) is 0 Å². The van der Waals surface area contributed by atoms with Crippen LogP contribution in [0.5, 0.6) is 0 Å². The Hall–Kier alpha value is -2.09. The first-order chi connectivity index (χ1) is 11.9. The third kappa shape index (κ3) is 3.95. The number of aryl methyl sites for hydroxylation is 1. The summed E-state index contributed by atoms with van der Waals surface area (Å²) in [5, 5.41) is 3.92. The fourth-order valence-electron chi connectivity index (χ4n) is 2.98. The van der Waals surface area contributed by atoms with E-state index in [1.807, 2.05) is 18.7 Å². The monoisotopic (exact) mass is 354 g/mol. The van der Waals surface area contributed by atoms with Crippen molar-refractivity contribution in [1.29, 1.82) is 0 Å². The van der Waals surface area contributed by atoms with Crippen molar-refractivity contribution in [2.45, 2.75) is 32.5 Å². The third-order valence-corrected chi connectivity index (χ3v) is 4.56. The lowest BCUT2D eigenvalue weighted by molar-refractivity contribution is -0.137. The minimum absolute atomic E-state index is 0.00328. The van der Waals surface area contributed by atoms with Crippen LogP contribution in [-0.2, 0) is 12.6 Å². The Kier molecular flexibility index (Phi) is 4.99. The molecule has 1 aliphatic heterocycles. The number of halogens is 3. The second-order valence-corrected chi connectivity index (χ2v) is 6.15. The molecule has 0 aliphatic carbocycles. The number of nitrogens with zero attached hydrogens (tertiary/aromatic N) is 4. The Morgan fingerprint density at radius 1 is 1.20 bits per heavy atom. The predicted octanol–water partition coefficient (Wildman–Crippen LogP) is 3.53. The van der Waals surface area contributed by atoms with Gasteiger partial charge in [-0.3, -0.25) is 4.90 Å². The molecule has 0 radical (unpaired) electrons. The Morgan fingerprint density at radius 2 is 1.92 bits per heavy atom. The molecule has 1 saturated heterocycles. The number of rotatable bonds is 4. The zero-order chi connectivity index (χ0) is 18.0. The van der Waals surface area contributed by atoms with Gasteiger partial charge in [-0.1, -0.05) is 18.1 Å². The maximum absolute atomic E-state index is 12.9. The Morgan fingerprint density at radius 3 is 2.52 bits per heavy atom. The third-order valence-electron chi connectivity index (χ3n) is 4.56. The van der Waals surface area contributed by atoms with Crippen molar-refractivity contribution >= 4 is 5.69 Å². The maximum Gasteiger partial charge on any atom is 0.416 e. The van der Waals surface area contributed by atoms with Crippen LogP contribution in [0.4, 0.5) is 18.9 Å². The average molecular weight is 354 g/mol. The van der Waals surface area contributed by atoms with E-state index in [0.29, 0.717) is 30.5 Å². The SMILES string of the molecule is CCc1noc(C(C)N2CCN(c3cccc(C(F)(F)F)c3)CC2)n1. The van der Waals surface area contributed by atoms with Gasteiger partial charge < -0.3 is 9.42 Å². The van der Waals surface area contributed by atoms with Crippen molar-refractivity contribution in [3.8, 4) is 0 Å². The van der Waals surface area contributed by atoms with Gasteiger partial charge in [0.05, 0.1) is 11.6 Å². The summed E-state index contributed by atoms with van der Waals surface area (Å²) >= 11 is 0. The second-order valence-electron chi connectivity index (χ2n) is 6.15. The number of anilines is 1. The van der Waals surface area contributed by atoms with Crippen LogP contribution in [-0.4, -0.2) is 41.2 Å². The van der Waals surface area contributed by atoms with E-state index in [1.54, 1.807) is 6.07 Å². The molecule has 5 nitrogen and oxygen atoms in total. The van der Waals surface area contributed by atoms with Gasteiger partial charge in [-0.25, -0.2) is 0 Å². The smallest absolute Gasteiger partial charge is 0.369 e. The topological polar surface area (TPSA) is 45.4 Å². The van der Waals surface area contributed by atoms with Crippen molar-refractivity contribution in [2.75, 3.05) is 31.1 Å². The molecule has 136 valence electrons. The molecule has 2 aromatic rings. The lowest BCUT2D eigenvalue weighted by Gasteiger charge is -2.38. The van der Waals surface area contributed by atoms with Crippen LogP contribution in [0.3, 0.4) is 0 Å². The van der Waals surface area contributed by atoms with Crippen molar-refractivity contribution in [3.05, 3.63) is 41.5 Å². The maximum atomic E-state index is 12.9. The first-order valence-corrected chi connectivity index (χ1v) is 8.37. The first kappa shape index (κ1) is 17.7. The fourth-order valence-corrected chi connectivity index (χ4v) is 2.98. The van der Waals surface area contributed by atoms with E-state index in [9.17, 15) is 13.2 Å². The summed E-state index contributed by atoms with van der Waals surface area (Å²) < 4.78 is 43.9. The van der Waals surface area contributed by atoms with Crippen LogP contribution in [0.1, 0.15) is 37.2 Å². The zero-order valence-electron chi connectivity index (χ0n) is 14.3.